The first-order chi connectivity index (χ1) is 8.63. The number of ether oxygens (including phenoxy) is 1. The maximum absolute atomic E-state index is 11.7. The quantitative estimate of drug-likeness (QED) is 0.584. The van der Waals surface area contributed by atoms with E-state index >= 15 is 0 Å². The fourth-order valence-electron chi connectivity index (χ4n) is 3.31. The molecule has 2 unspecified atom stereocenters. The number of fused-ring (bicyclic) bond motifs is 2. The van der Waals surface area contributed by atoms with Gasteiger partial charge in [0.05, 0.1) is 6.61 Å². The van der Waals surface area contributed by atoms with Gasteiger partial charge in [-0.3, -0.25) is 4.79 Å². The van der Waals surface area contributed by atoms with Crippen molar-refractivity contribution in [3.8, 4) is 0 Å². The number of piperidine rings is 1. The Balaban J connectivity index is 1.59. The highest BCUT2D eigenvalue weighted by Gasteiger charge is 2.34. The standard InChI is InChI=1S/C15H27NO2/c1-11(2)4-3-7-18-15(17)10-12-8-13-5-6-14(9-12)16-13/h11-14,16H,3-10H2,1-2H3. The van der Waals surface area contributed by atoms with Gasteiger partial charge in [0, 0.05) is 18.5 Å². The van der Waals surface area contributed by atoms with E-state index in [0.29, 0.717) is 36.9 Å². The van der Waals surface area contributed by atoms with Crippen LogP contribution in [0.1, 0.15) is 58.8 Å². The minimum absolute atomic E-state index is 0.0186. The molecule has 2 saturated heterocycles. The predicted molar refractivity (Wildman–Crippen MR) is 72.3 cm³/mol. The monoisotopic (exact) mass is 253 g/mol. The van der Waals surface area contributed by atoms with Gasteiger partial charge in [0.25, 0.3) is 0 Å². The van der Waals surface area contributed by atoms with E-state index in [1.54, 1.807) is 0 Å². The normalized spacial score (nSPS) is 30.7. The van der Waals surface area contributed by atoms with Gasteiger partial charge in [-0.1, -0.05) is 13.8 Å². The van der Waals surface area contributed by atoms with E-state index in [1.807, 2.05) is 0 Å². The van der Waals surface area contributed by atoms with Crippen LogP contribution >= 0.6 is 0 Å². The Hall–Kier alpha value is -0.570. The van der Waals surface area contributed by atoms with Crippen molar-refractivity contribution in [3.63, 3.8) is 0 Å². The Bertz CT molecular complexity index is 266. The maximum atomic E-state index is 11.7. The van der Waals surface area contributed by atoms with Crippen molar-refractivity contribution in [3.05, 3.63) is 0 Å². The van der Waals surface area contributed by atoms with Crippen molar-refractivity contribution in [1.29, 1.82) is 0 Å². The van der Waals surface area contributed by atoms with Crippen LogP contribution in [0.5, 0.6) is 0 Å². The molecule has 18 heavy (non-hydrogen) atoms. The first-order valence-electron chi connectivity index (χ1n) is 7.55. The van der Waals surface area contributed by atoms with Gasteiger partial charge in [-0.15, -0.1) is 0 Å². The molecule has 0 spiro atoms. The molecule has 0 aliphatic carbocycles. The van der Waals surface area contributed by atoms with E-state index in [0.717, 1.165) is 25.7 Å². The van der Waals surface area contributed by atoms with E-state index in [-0.39, 0.29) is 5.97 Å². The molecule has 3 nitrogen and oxygen atoms in total. The van der Waals surface area contributed by atoms with Gasteiger partial charge in [0.1, 0.15) is 0 Å². The summed E-state index contributed by atoms with van der Waals surface area (Å²) in [6.07, 6.45) is 7.70. The molecule has 0 aromatic rings. The van der Waals surface area contributed by atoms with Crippen LogP contribution in [0.4, 0.5) is 0 Å². The summed E-state index contributed by atoms with van der Waals surface area (Å²) in [5, 5.41) is 3.61. The molecule has 2 aliphatic rings. The van der Waals surface area contributed by atoms with Gasteiger partial charge in [0.2, 0.25) is 0 Å². The Morgan fingerprint density at radius 2 is 1.94 bits per heavy atom. The van der Waals surface area contributed by atoms with E-state index < -0.39 is 0 Å². The Morgan fingerprint density at radius 3 is 2.56 bits per heavy atom. The van der Waals surface area contributed by atoms with Crippen LogP contribution in [0.2, 0.25) is 0 Å². The second-order valence-electron chi connectivity index (χ2n) is 6.44. The summed E-state index contributed by atoms with van der Waals surface area (Å²) in [7, 11) is 0. The molecule has 2 rings (SSSR count). The van der Waals surface area contributed by atoms with Gasteiger partial charge in [0.15, 0.2) is 0 Å². The lowest BCUT2D eigenvalue weighted by atomic mass is 9.90. The van der Waals surface area contributed by atoms with E-state index in [4.69, 9.17) is 4.74 Å². The minimum Gasteiger partial charge on any atom is -0.466 e. The number of hydrogen-bond acceptors (Lipinski definition) is 3. The van der Waals surface area contributed by atoms with Crippen molar-refractivity contribution in [1.82, 2.24) is 5.32 Å². The van der Waals surface area contributed by atoms with Crippen LogP contribution in [-0.2, 0) is 9.53 Å². The third-order valence-electron chi connectivity index (χ3n) is 4.21. The van der Waals surface area contributed by atoms with Crippen molar-refractivity contribution < 1.29 is 9.53 Å². The smallest absolute Gasteiger partial charge is 0.306 e. The third kappa shape index (κ3) is 4.27. The van der Waals surface area contributed by atoms with Gasteiger partial charge < -0.3 is 10.1 Å². The summed E-state index contributed by atoms with van der Waals surface area (Å²) in [6.45, 7) is 5.01. The second-order valence-corrected chi connectivity index (χ2v) is 6.44. The van der Waals surface area contributed by atoms with Gasteiger partial charge in [-0.05, 0) is 50.4 Å². The van der Waals surface area contributed by atoms with Crippen molar-refractivity contribution in [2.75, 3.05) is 6.61 Å². The van der Waals surface area contributed by atoms with Crippen LogP contribution in [-0.4, -0.2) is 24.7 Å². The fourth-order valence-corrected chi connectivity index (χ4v) is 3.31. The molecule has 2 heterocycles. The summed E-state index contributed by atoms with van der Waals surface area (Å²) in [5.74, 6) is 1.27. The molecule has 0 saturated carbocycles. The maximum Gasteiger partial charge on any atom is 0.306 e. The highest BCUT2D eigenvalue weighted by Crippen LogP contribution is 2.32. The van der Waals surface area contributed by atoms with Crippen molar-refractivity contribution in [2.24, 2.45) is 11.8 Å². The molecule has 3 heteroatoms. The molecule has 2 aliphatic heterocycles. The van der Waals surface area contributed by atoms with Gasteiger partial charge >= 0.3 is 5.97 Å². The average molecular weight is 253 g/mol. The van der Waals surface area contributed by atoms with E-state index in [2.05, 4.69) is 19.2 Å². The Kier molecular flexibility index (Phi) is 5.04. The number of nitrogens with one attached hydrogen (secondary N) is 1. The lowest BCUT2D eigenvalue weighted by Crippen LogP contribution is -2.38. The van der Waals surface area contributed by atoms with Crippen LogP contribution in [0.15, 0.2) is 0 Å². The molecular formula is C15H27NO2. The van der Waals surface area contributed by atoms with Crippen molar-refractivity contribution >= 4 is 5.97 Å². The minimum atomic E-state index is 0.0186. The van der Waals surface area contributed by atoms with E-state index in [1.165, 1.54) is 12.8 Å². The molecule has 2 atom stereocenters. The number of carbonyl (C=O) groups excluding carboxylic acids is 1. The second kappa shape index (κ2) is 6.55. The van der Waals surface area contributed by atoms with Crippen LogP contribution < -0.4 is 5.32 Å². The Labute approximate surface area is 111 Å². The molecule has 0 amide bonds. The summed E-state index contributed by atoms with van der Waals surface area (Å²) >= 11 is 0. The molecule has 2 fully saturated rings. The van der Waals surface area contributed by atoms with Crippen LogP contribution in [0, 0.1) is 11.8 Å². The lowest BCUT2D eigenvalue weighted by molar-refractivity contribution is -0.145. The number of carbonyl (C=O) groups is 1. The number of hydrogen-bond donors (Lipinski definition) is 1. The average Bonchev–Trinajstić information content (AvgIpc) is 2.64. The summed E-state index contributed by atoms with van der Waals surface area (Å²) in [4.78, 5) is 11.7. The molecule has 0 aromatic carbocycles. The molecule has 2 bridgehead atoms. The third-order valence-corrected chi connectivity index (χ3v) is 4.21. The highest BCUT2D eigenvalue weighted by molar-refractivity contribution is 5.69. The number of esters is 1. The van der Waals surface area contributed by atoms with Crippen LogP contribution in [0.3, 0.4) is 0 Å². The zero-order valence-electron chi connectivity index (χ0n) is 11.8. The summed E-state index contributed by atoms with van der Waals surface area (Å²) < 4.78 is 5.33. The molecule has 104 valence electrons. The summed E-state index contributed by atoms with van der Waals surface area (Å²) in [5.41, 5.74) is 0. The zero-order valence-corrected chi connectivity index (χ0v) is 11.8. The molecule has 1 N–H and O–H groups in total. The highest BCUT2D eigenvalue weighted by atomic mass is 16.5. The van der Waals surface area contributed by atoms with Crippen molar-refractivity contribution in [2.45, 2.75) is 70.9 Å². The molecule has 0 radical (unpaired) electrons. The fraction of sp³-hybridized carbons (Fsp3) is 0.933. The molecular weight excluding hydrogens is 226 g/mol. The topological polar surface area (TPSA) is 38.3 Å². The first-order valence-corrected chi connectivity index (χ1v) is 7.55. The lowest BCUT2D eigenvalue weighted by Gasteiger charge is -2.28. The SMILES string of the molecule is CC(C)CCCOC(=O)CC1CC2CCC(C1)N2. The number of rotatable bonds is 6. The van der Waals surface area contributed by atoms with Gasteiger partial charge in [-0.25, -0.2) is 0 Å². The largest absolute Gasteiger partial charge is 0.466 e. The van der Waals surface area contributed by atoms with Crippen LogP contribution in [0.25, 0.3) is 0 Å². The zero-order chi connectivity index (χ0) is 13.0. The Morgan fingerprint density at radius 1 is 1.28 bits per heavy atom. The molecule has 0 aromatic heterocycles. The summed E-state index contributed by atoms with van der Waals surface area (Å²) in [6, 6.07) is 1.34. The van der Waals surface area contributed by atoms with Gasteiger partial charge in [-0.2, -0.15) is 0 Å². The van der Waals surface area contributed by atoms with E-state index in [9.17, 15) is 4.79 Å². The first kappa shape index (κ1) is 13.9. The predicted octanol–water partition coefficient (Wildman–Crippen LogP) is 2.89.